The van der Waals surface area contributed by atoms with E-state index < -0.39 is 31.0 Å². The van der Waals surface area contributed by atoms with Crippen molar-refractivity contribution >= 4 is 12.3 Å². The van der Waals surface area contributed by atoms with Gasteiger partial charge in [-0.15, -0.1) is 0 Å². The van der Waals surface area contributed by atoms with Crippen molar-refractivity contribution in [3.05, 3.63) is 12.4 Å². The highest BCUT2D eigenvalue weighted by atomic mass is 16.6. The fourth-order valence-electron chi connectivity index (χ4n) is 1.77. The summed E-state index contributed by atoms with van der Waals surface area (Å²) in [5, 5.41) is 28.8. The number of nitrogens with two attached hydrogens (primary N) is 1. The molecule has 100 valence electrons. The predicted molar refractivity (Wildman–Crippen MR) is 63.7 cm³/mol. The molecule has 0 radical (unpaired) electrons. The lowest BCUT2D eigenvalue weighted by atomic mass is 10.1. The molecule has 5 N–H and O–H groups in total. The van der Waals surface area contributed by atoms with Crippen molar-refractivity contribution < 1.29 is 22.8 Å². The second kappa shape index (κ2) is 5.02. The largest absolute Gasteiger partial charge is 0.394 e. The summed E-state index contributed by atoms with van der Waals surface area (Å²) in [7, 11) is 0. The fraction of sp³-hybridized carbons (Fsp3) is 0.600. The second-order valence-electron chi connectivity index (χ2n) is 3.99. The number of aliphatic hydroxyl groups is 3. The van der Waals surface area contributed by atoms with Crippen LogP contribution in [0.5, 0.6) is 0 Å². The third-order valence-electron chi connectivity index (χ3n) is 2.77. The van der Waals surface area contributed by atoms with Crippen LogP contribution < -0.4 is 5.73 Å². The molecule has 4 atom stereocenters. The first kappa shape index (κ1) is 10.4. The molecule has 8 nitrogen and oxygen atoms in total. The Hall–Kier alpha value is -1.48. The van der Waals surface area contributed by atoms with Crippen LogP contribution in [0.1, 0.15) is 2.74 Å². The van der Waals surface area contributed by atoms with Gasteiger partial charge in [0.1, 0.15) is 36.6 Å². The number of guanidine groups is 1. The third kappa shape index (κ3) is 2.36. The van der Waals surface area contributed by atoms with Crippen LogP contribution in [0, 0.1) is 0 Å². The minimum atomic E-state index is -2.76. The molecule has 2 rings (SSSR count). The Bertz CT molecular complexity index is 465. The summed E-state index contributed by atoms with van der Waals surface area (Å²) < 4.78 is 19.5. The molecule has 0 aromatic rings. The van der Waals surface area contributed by atoms with Gasteiger partial charge in [0.15, 0.2) is 0 Å². The van der Waals surface area contributed by atoms with Crippen molar-refractivity contribution in [2.75, 3.05) is 13.1 Å². The molecule has 2 heterocycles. The maximum Gasteiger partial charge on any atom is 0.223 e. The monoisotopic (exact) mass is 258 g/mol. The first-order chi connectivity index (χ1) is 9.20. The number of hydrogen-bond donors (Lipinski definition) is 4. The van der Waals surface area contributed by atoms with Crippen molar-refractivity contribution in [1.29, 1.82) is 0 Å². The van der Waals surface area contributed by atoms with E-state index in [-0.39, 0.29) is 18.3 Å². The van der Waals surface area contributed by atoms with E-state index in [0.29, 0.717) is 0 Å². The van der Waals surface area contributed by atoms with E-state index in [2.05, 4.69) is 16.6 Å². The number of nitrogens with zero attached hydrogens (tertiary/aromatic N) is 3. The van der Waals surface area contributed by atoms with E-state index in [1.165, 1.54) is 11.2 Å². The number of aliphatic hydroxyl groups excluding tert-OH is 2. The molecule has 1 fully saturated rings. The number of hydrogen-bond acceptors (Lipinski definition) is 8. The Morgan fingerprint density at radius 2 is 2.17 bits per heavy atom. The highest BCUT2D eigenvalue weighted by molar-refractivity contribution is 5.89. The number of ether oxygens (including phenoxy) is 1. The summed E-state index contributed by atoms with van der Waals surface area (Å²) in [5.74, 6) is 0.321. The van der Waals surface area contributed by atoms with Gasteiger partial charge in [-0.3, -0.25) is 0 Å². The van der Waals surface area contributed by atoms with Crippen molar-refractivity contribution in [2.24, 2.45) is 15.7 Å². The summed E-state index contributed by atoms with van der Waals surface area (Å²) in [6, 6.07) is 0. The molecule has 2 aliphatic rings. The first-order valence-electron chi connectivity index (χ1n) is 6.28. The standard InChI is InChI=1S/C10H16N4O4/c1-5-13-10(11)12-4-14(5)2-6-8(16)9(17)7(3-15)18-6/h4,6-9,15-17H,1-3H2,(H2,11,13)/t6-,7+,8+,9?/m0/s1/i3D2. The van der Waals surface area contributed by atoms with Crippen LogP contribution >= 0.6 is 0 Å². The quantitative estimate of drug-likeness (QED) is 0.447. The summed E-state index contributed by atoms with van der Waals surface area (Å²) in [4.78, 5) is 9.02. The van der Waals surface area contributed by atoms with Crippen molar-refractivity contribution in [1.82, 2.24) is 4.90 Å². The molecule has 0 bridgehead atoms. The topological polar surface area (TPSA) is 124 Å². The Morgan fingerprint density at radius 3 is 2.72 bits per heavy atom. The van der Waals surface area contributed by atoms with Crippen molar-refractivity contribution in [2.45, 2.75) is 24.4 Å². The highest BCUT2D eigenvalue weighted by Crippen LogP contribution is 2.22. The zero-order valence-electron chi connectivity index (χ0n) is 11.5. The SMILES string of the molecule is [2H]C([2H])(O)[C@H]1O[C@@H](CN2C=NC(N)=NC2=C)[C@@H](O)C1O. The number of rotatable bonds is 3. The van der Waals surface area contributed by atoms with Gasteiger partial charge in [-0.2, -0.15) is 4.99 Å². The fourth-order valence-corrected chi connectivity index (χ4v) is 1.77. The normalized spacial score (nSPS) is 38.5. The van der Waals surface area contributed by atoms with E-state index in [1.807, 2.05) is 0 Å². The van der Waals surface area contributed by atoms with Gasteiger partial charge in [-0.05, 0) is 0 Å². The zero-order chi connectivity index (χ0) is 15.1. The maximum absolute atomic E-state index is 9.85. The van der Waals surface area contributed by atoms with Crippen molar-refractivity contribution in [3.8, 4) is 0 Å². The molecule has 0 spiro atoms. The van der Waals surface area contributed by atoms with Crippen molar-refractivity contribution in [3.63, 3.8) is 0 Å². The average molecular weight is 258 g/mol. The Morgan fingerprint density at radius 1 is 1.50 bits per heavy atom. The molecule has 0 aliphatic carbocycles. The van der Waals surface area contributed by atoms with Gasteiger partial charge in [-0.1, -0.05) is 6.58 Å². The Labute approximate surface area is 107 Å². The highest BCUT2D eigenvalue weighted by Gasteiger charge is 2.43. The molecule has 18 heavy (non-hydrogen) atoms. The van der Waals surface area contributed by atoms with Gasteiger partial charge >= 0.3 is 0 Å². The zero-order valence-corrected chi connectivity index (χ0v) is 9.47. The molecule has 0 aromatic heterocycles. The second-order valence-corrected chi connectivity index (χ2v) is 3.99. The maximum atomic E-state index is 9.85. The van der Waals surface area contributed by atoms with Crippen LogP contribution in [-0.4, -0.2) is 70.0 Å². The summed E-state index contributed by atoms with van der Waals surface area (Å²) >= 11 is 0. The molecule has 1 saturated heterocycles. The van der Waals surface area contributed by atoms with Crippen LogP contribution in [0.4, 0.5) is 0 Å². The van der Waals surface area contributed by atoms with E-state index in [0.717, 1.165) is 0 Å². The summed E-state index contributed by atoms with van der Waals surface area (Å²) in [6.07, 6.45) is -4.02. The van der Waals surface area contributed by atoms with Crippen LogP contribution in [0.15, 0.2) is 22.4 Å². The van der Waals surface area contributed by atoms with Gasteiger partial charge in [-0.25, -0.2) is 4.99 Å². The average Bonchev–Trinajstić information content (AvgIpc) is 2.60. The smallest absolute Gasteiger partial charge is 0.223 e. The van der Waals surface area contributed by atoms with Crippen LogP contribution in [0.3, 0.4) is 0 Å². The Balaban J connectivity index is 2.05. The van der Waals surface area contributed by atoms with Crippen LogP contribution in [0.2, 0.25) is 0 Å². The molecule has 8 heteroatoms. The van der Waals surface area contributed by atoms with Crippen LogP contribution in [0.25, 0.3) is 0 Å². The van der Waals surface area contributed by atoms with Gasteiger partial charge in [0.25, 0.3) is 0 Å². The molecular formula is C10H16N4O4. The molecule has 0 aromatic carbocycles. The Kier molecular flexibility index (Phi) is 2.91. The first-order valence-corrected chi connectivity index (χ1v) is 5.28. The third-order valence-corrected chi connectivity index (χ3v) is 2.77. The summed E-state index contributed by atoms with van der Waals surface area (Å²) in [5.41, 5.74) is 5.39. The van der Waals surface area contributed by atoms with E-state index >= 15 is 0 Å². The minimum absolute atomic E-state index is 0.0317. The summed E-state index contributed by atoms with van der Waals surface area (Å²) in [6.45, 7) is 0.916. The minimum Gasteiger partial charge on any atom is -0.394 e. The molecule has 1 unspecified atom stereocenters. The van der Waals surface area contributed by atoms with Gasteiger partial charge in [0, 0.05) is 0 Å². The lowest BCUT2D eigenvalue weighted by Gasteiger charge is -2.25. The predicted octanol–water partition coefficient (Wildman–Crippen LogP) is -2.40. The lowest BCUT2D eigenvalue weighted by molar-refractivity contribution is -0.0250. The van der Waals surface area contributed by atoms with Crippen LogP contribution in [-0.2, 0) is 4.74 Å². The van der Waals surface area contributed by atoms with Gasteiger partial charge in [0.2, 0.25) is 5.96 Å². The molecule has 2 aliphatic heterocycles. The molecular weight excluding hydrogens is 240 g/mol. The van der Waals surface area contributed by atoms with E-state index in [1.54, 1.807) is 0 Å². The molecule has 0 amide bonds. The number of aliphatic imine (C=N–C) groups is 2. The van der Waals surface area contributed by atoms with E-state index in [4.69, 9.17) is 13.2 Å². The van der Waals surface area contributed by atoms with Gasteiger partial charge in [0.05, 0.1) is 15.8 Å². The lowest BCUT2D eigenvalue weighted by Crippen LogP contribution is -2.40. The molecule has 0 saturated carbocycles. The van der Waals surface area contributed by atoms with E-state index in [9.17, 15) is 15.3 Å². The van der Waals surface area contributed by atoms with Gasteiger partial charge < -0.3 is 30.7 Å².